The molecule has 3 nitrogen and oxygen atoms in total. The molecule has 0 aliphatic carbocycles. The summed E-state index contributed by atoms with van der Waals surface area (Å²) in [4.78, 5) is 12.4. The van der Waals surface area contributed by atoms with Gasteiger partial charge in [0.1, 0.15) is 5.54 Å². The van der Waals surface area contributed by atoms with Crippen molar-refractivity contribution < 1.29 is 4.79 Å². The van der Waals surface area contributed by atoms with Crippen LogP contribution in [-0.2, 0) is 16.9 Å². The third-order valence-corrected chi connectivity index (χ3v) is 3.94. The molecule has 0 fully saturated rings. The van der Waals surface area contributed by atoms with Gasteiger partial charge in [0.25, 0.3) is 0 Å². The number of nitrogens with two attached hydrogens (primary N) is 1. The zero-order valence-electron chi connectivity index (χ0n) is 13.9. The summed E-state index contributed by atoms with van der Waals surface area (Å²) in [6.07, 6.45) is 0. The number of hydrogen-bond donors (Lipinski definition) is 2. The normalized spacial score (nSPS) is 13.1. The summed E-state index contributed by atoms with van der Waals surface area (Å²) in [6.45, 7) is 6.55. The smallest absolute Gasteiger partial charge is 0.244 e. The lowest BCUT2D eigenvalue weighted by Crippen LogP contribution is -2.48. The van der Waals surface area contributed by atoms with Crippen LogP contribution in [0.5, 0.6) is 0 Å². The molecule has 1 atom stereocenters. The zero-order chi connectivity index (χ0) is 16.2. The Labute approximate surface area is 144 Å². The van der Waals surface area contributed by atoms with E-state index in [1.54, 1.807) is 6.92 Å². The molecule has 2 aromatic carbocycles. The summed E-state index contributed by atoms with van der Waals surface area (Å²) in [5, 5.41) is 2.92. The van der Waals surface area contributed by atoms with Gasteiger partial charge in [-0.3, -0.25) is 4.79 Å². The Morgan fingerprint density at radius 3 is 2.17 bits per heavy atom. The molecular weight excluding hydrogens is 308 g/mol. The maximum atomic E-state index is 12.4. The molecule has 23 heavy (non-hydrogen) atoms. The maximum Gasteiger partial charge on any atom is 0.244 e. The average molecular weight is 333 g/mol. The molecule has 0 bridgehead atoms. The number of nitrogens with one attached hydrogen (secondary N) is 1. The molecule has 124 valence electrons. The van der Waals surface area contributed by atoms with Gasteiger partial charge in [-0.2, -0.15) is 0 Å². The second kappa shape index (κ2) is 8.14. The van der Waals surface area contributed by atoms with E-state index in [0.29, 0.717) is 12.5 Å². The molecule has 0 spiro atoms. The van der Waals surface area contributed by atoms with Crippen molar-refractivity contribution in [3.8, 4) is 0 Å². The van der Waals surface area contributed by atoms with Crippen LogP contribution in [0.15, 0.2) is 54.6 Å². The lowest BCUT2D eigenvalue weighted by molar-refractivity contribution is -0.126. The van der Waals surface area contributed by atoms with Crippen LogP contribution in [0.25, 0.3) is 0 Å². The minimum Gasteiger partial charge on any atom is -0.350 e. The first-order chi connectivity index (χ1) is 10.4. The van der Waals surface area contributed by atoms with E-state index in [9.17, 15) is 4.79 Å². The molecule has 0 aromatic heterocycles. The largest absolute Gasteiger partial charge is 0.350 e. The molecule has 0 radical (unpaired) electrons. The lowest BCUT2D eigenvalue weighted by Gasteiger charge is -2.24. The zero-order valence-corrected chi connectivity index (χ0v) is 14.7. The molecule has 4 heteroatoms. The summed E-state index contributed by atoms with van der Waals surface area (Å²) in [5.74, 6) is 0.334. The lowest BCUT2D eigenvalue weighted by atomic mass is 9.92. The van der Waals surface area contributed by atoms with Crippen LogP contribution in [0, 0.1) is 0 Å². The number of amides is 1. The fraction of sp³-hybridized carbons (Fsp3) is 0.316. The summed E-state index contributed by atoms with van der Waals surface area (Å²) in [7, 11) is 0. The van der Waals surface area contributed by atoms with E-state index in [2.05, 4.69) is 31.3 Å². The molecule has 1 unspecified atom stereocenters. The number of halogens is 1. The minimum atomic E-state index is -1.03. The van der Waals surface area contributed by atoms with Gasteiger partial charge in [-0.1, -0.05) is 68.4 Å². The third kappa shape index (κ3) is 4.81. The van der Waals surface area contributed by atoms with E-state index in [1.807, 2.05) is 42.5 Å². The van der Waals surface area contributed by atoms with Gasteiger partial charge in [0.05, 0.1) is 0 Å². The first kappa shape index (κ1) is 19.2. The fourth-order valence-electron chi connectivity index (χ4n) is 2.30. The second-order valence-electron chi connectivity index (χ2n) is 6.15. The van der Waals surface area contributed by atoms with Crippen molar-refractivity contribution in [3.05, 3.63) is 71.3 Å². The van der Waals surface area contributed by atoms with Crippen LogP contribution < -0.4 is 11.1 Å². The van der Waals surface area contributed by atoms with E-state index < -0.39 is 5.54 Å². The highest BCUT2D eigenvalue weighted by atomic mass is 35.5. The number of carbonyl (C=O) groups is 1. The highest BCUT2D eigenvalue weighted by Gasteiger charge is 2.29. The molecule has 3 N–H and O–H groups in total. The molecule has 0 aliphatic heterocycles. The number of carbonyl (C=O) groups excluding carboxylic acids is 1. The molecule has 1 amide bonds. The Morgan fingerprint density at radius 1 is 1.09 bits per heavy atom. The summed E-state index contributed by atoms with van der Waals surface area (Å²) >= 11 is 0. The molecule has 0 saturated carbocycles. The average Bonchev–Trinajstić information content (AvgIpc) is 2.53. The monoisotopic (exact) mass is 332 g/mol. The predicted molar refractivity (Wildman–Crippen MR) is 97.6 cm³/mol. The second-order valence-corrected chi connectivity index (χ2v) is 6.15. The Bertz CT molecular complexity index is 622. The third-order valence-electron chi connectivity index (χ3n) is 3.94. The highest BCUT2D eigenvalue weighted by Crippen LogP contribution is 2.18. The van der Waals surface area contributed by atoms with Crippen molar-refractivity contribution in [2.24, 2.45) is 5.73 Å². The first-order valence-corrected chi connectivity index (χ1v) is 7.63. The molecule has 0 aliphatic rings. The molecule has 0 saturated heterocycles. The molecular formula is C19H25ClN2O. The topological polar surface area (TPSA) is 55.1 Å². The Hall–Kier alpha value is -1.84. The quantitative estimate of drug-likeness (QED) is 0.876. The van der Waals surface area contributed by atoms with Crippen molar-refractivity contribution in [3.63, 3.8) is 0 Å². The van der Waals surface area contributed by atoms with Crippen LogP contribution in [0.4, 0.5) is 0 Å². The molecule has 2 rings (SSSR count). The summed E-state index contributed by atoms with van der Waals surface area (Å²) in [6, 6.07) is 17.7. The van der Waals surface area contributed by atoms with Gasteiger partial charge in [0.15, 0.2) is 0 Å². The van der Waals surface area contributed by atoms with Gasteiger partial charge in [0, 0.05) is 6.54 Å². The minimum absolute atomic E-state index is 0. The van der Waals surface area contributed by atoms with Crippen LogP contribution >= 0.6 is 12.4 Å². The first-order valence-electron chi connectivity index (χ1n) is 7.63. The van der Waals surface area contributed by atoms with Gasteiger partial charge >= 0.3 is 0 Å². The maximum absolute atomic E-state index is 12.4. The Balaban J connectivity index is 0.00000264. The van der Waals surface area contributed by atoms with Crippen molar-refractivity contribution in [2.45, 2.75) is 38.8 Å². The number of benzene rings is 2. The number of rotatable bonds is 5. The van der Waals surface area contributed by atoms with Crippen LogP contribution in [-0.4, -0.2) is 5.91 Å². The van der Waals surface area contributed by atoms with Crippen LogP contribution in [0.1, 0.15) is 43.4 Å². The van der Waals surface area contributed by atoms with Gasteiger partial charge in [-0.05, 0) is 29.5 Å². The van der Waals surface area contributed by atoms with Gasteiger partial charge in [-0.25, -0.2) is 0 Å². The van der Waals surface area contributed by atoms with E-state index >= 15 is 0 Å². The van der Waals surface area contributed by atoms with Gasteiger partial charge in [-0.15, -0.1) is 12.4 Å². The summed E-state index contributed by atoms with van der Waals surface area (Å²) < 4.78 is 0. The Kier molecular flexibility index (Phi) is 6.79. The van der Waals surface area contributed by atoms with E-state index in [4.69, 9.17) is 5.73 Å². The Morgan fingerprint density at radius 2 is 1.65 bits per heavy atom. The standard InChI is InChI=1S/C19H24N2O.ClH/c1-14(2)16-11-9-15(10-12-16)13-21-18(22)19(3,20)17-7-5-4-6-8-17;/h4-12,14H,13,20H2,1-3H3,(H,21,22);1H. The fourth-order valence-corrected chi connectivity index (χ4v) is 2.30. The SMILES string of the molecule is CC(C)c1ccc(CNC(=O)C(C)(N)c2ccccc2)cc1.Cl. The van der Waals surface area contributed by atoms with E-state index in [1.165, 1.54) is 5.56 Å². The van der Waals surface area contributed by atoms with Gasteiger partial charge < -0.3 is 11.1 Å². The van der Waals surface area contributed by atoms with E-state index in [-0.39, 0.29) is 18.3 Å². The highest BCUT2D eigenvalue weighted by molar-refractivity contribution is 5.87. The van der Waals surface area contributed by atoms with Crippen molar-refractivity contribution in [1.29, 1.82) is 0 Å². The van der Waals surface area contributed by atoms with Gasteiger partial charge in [0.2, 0.25) is 5.91 Å². The summed E-state index contributed by atoms with van der Waals surface area (Å²) in [5.41, 5.74) is 8.34. The van der Waals surface area contributed by atoms with Crippen molar-refractivity contribution in [2.75, 3.05) is 0 Å². The molecule has 0 heterocycles. The van der Waals surface area contributed by atoms with Crippen molar-refractivity contribution in [1.82, 2.24) is 5.32 Å². The van der Waals surface area contributed by atoms with Crippen LogP contribution in [0.3, 0.4) is 0 Å². The molecule has 2 aromatic rings. The van der Waals surface area contributed by atoms with Crippen molar-refractivity contribution >= 4 is 18.3 Å². The number of hydrogen-bond acceptors (Lipinski definition) is 2. The van der Waals surface area contributed by atoms with E-state index in [0.717, 1.165) is 11.1 Å². The van der Waals surface area contributed by atoms with Crippen LogP contribution in [0.2, 0.25) is 0 Å². The predicted octanol–water partition coefficient (Wildman–Crippen LogP) is 3.72.